The second kappa shape index (κ2) is 16.5. The molecule has 2 heterocycles. The van der Waals surface area contributed by atoms with E-state index in [9.17, 15) is 32.4 Å². The summed E-state index contributed by atoms with van der Waals surface area (Å²) in [6, 6.07) is -3.38. The zero-order chi connectivity index (χ0) is 37.0. The second-order valence-corrected chi connectivity index (χ2v) is 18.3. The fourth-order valence-corrected chi connectivity index (χ4v) is 10.2. The molecule has 0 aromatic rings. The van der Waals surface area contributed by atoms with Gasteiger partial charge in [0.15, 0.2) is 0 Å². The van der Waals surface area contributed by atoms with Crippen LogP contribution in [0.2, 0.25) is 0 Å². The average molecular weight is 737 g/mol. The summed E-state index contributed by atoms with van der Waals surface area (Å²) in [6.45, 7) is 4.95. The first-order valence-electron chi connectivity index (χ1n) is 19.2. The van der Waals surface area contributed by atoms with E-state index in [1.165, 1.54) is 14.2 Å². The van der Waals surface area contributed by atoms with Crippen LogP contribution in [0.1, 0.15) is 117 Å². The molecule has 5 amide bonds. The topological polar surface area (TPSA) is 183 Å². The van der Waals surface area contributed by atoms with Crippen LogP contribution in [0.4, 0.5) is 4.79 Å². The van der Waals surface area contributed by atoms with Crippen molar-refractivity contribution in [2.24, 2.45) is 23.2 Å². The molecular formula is C36H60N6O8S. The molecule has 288 valence electrons. The molecule has 5 aliphatic rings. The lowest BCUT2D eigenvalue weighted by atomic mass is 9.83. The van der Waals surface area contributed by atoms with Crippen LogP contribution in [0, 0.1) is 23.2 Å². The Morgan fingerprint density at radius 3 is 2.16 bits per heavy atom. The van der Waals surface area contributed by atoms with Crippen LogP contribution in [-0.4, -0.2) is 104 Å². The van der Waals surface area contributed by atoms with Crippen molar-refractivity contribution in [3.8, 4) is 0 Å². The van der Waals surface area contributed by atoms with Crippen LogP contribution in [0.15, 0.2) is 0 Å². The minimum absolute atomic E-state index is 0.0817. The van der Waals surface area contributed by atoms with Gasteiger partial charge in [-0.15, -0.1) is 0 Å². The summed E-state index contributed by atoms with van der Waals surface area (Å²) in [5.41, 5.74) is -1.21. The summed E-state index contributed by atoms with van der Waals surface area (Å²) in [6.07, 6.45) is 12.2. The summed E-state index contributed by atoms with van der Waals surface area (Å²) in [5.74, 6) is -2.11. The molecule has 5 atom stereocenters. The summed E-state index contributed by atoms with van der Waals surface area (Å²) >= 11 is 0. The Kier molecular flexibility index (Phi) is 12.7. The van der Waals surface area contributed by atoms with E-state index in [2.05, 4.69) is 35.1 Å². The first-order valence-corrected chi connectivity index (χ1v) is 20.8. The number of ketones is 1. The van der Waals surface area contributed by atoms with E-state index < -0.39 is 57.3 Å². The van der Waals surface area contributed by atoms with Gasteiger partial charge in [-0.2, -0.15) is 0 Å². The largest absolute Gasteiger partial charge is 0.349 e. The Morgan fingerprint density at radius 2 is 1.53 bits per heavy atom. The summed E-state index contributed by atoms with van der Waals surface area (Å²) in [5, 5.41) is 11.5. The highest BCUT2D eigenvalue weighted by Gasteiger charge is 2.69. The van der Waals surface area contributed by atoms with E-state index in [0.29, 0.717) is 57.5 Å². The smallest absolute Gasteiger partial charge is 0.315 e. The monoisotopic (exact) mass is 736 g/mol. The third-order valence-electron chi connectivity index (χ3n) is 12.3. The van der Waals surface area contributed by atoms with E-state index >= 15 is 0 Å². The number of carbonyl (C=O) groups excluding carboxylic acids is 5. The fourth-order valence-electron chi connectivity index (χ4n) is 8.70. The third kappa shape index (κ3) is 9.61. The lowest BCUT2D eigenvalue weighted by Gasteiger charge is -2.39. The highest BCUT2D eigenvalue weighted by molar-refractivity contribution is 7.89. The van der Waals surface area contributed by atoms with E-state index in [0.717, 1.165) is 68.7 Å². The van der Waals surface area contributed by atoms with Gasteiger partial charge in [-0.1, -0.05) is 82.5 Å². The van der Waals surface area contributed by atoms with Crippen molar-refractivity contribution in [1.29, 1.82) is 0 Å². The predicted molar refractivity (Wildman–Crippen MR) is 190 cm³/mol. The Labute approximate surface area is 303 Å². The van der Waals surface area contributed by atoms with E-state index in [1.54, 1.807) is 4.90 Å². The lowest BCUT2D eigenvalue weighted by Crippen LogP contribution is -2.62. The molecule has 14 nitrogen and oxygen atoms in total. The van der Waals surface area contributed by atoms with Crippen molar-refractivity contribution in [2.75, 3.05) is 33.0 Å². The minimum Gasteiger partial charge on any atom is -0.349 e. The van der Waals surface area contributed by atoms with Crippen molar-refractivity contribution >= 4 is 39.6 Å². The third-order valence-corrected chi connectivity index (χ3v) is 14.1. The molecule has 0 aromatic heterocycles. The Bertz CT molecular complexity index is 1410. The van der Waals surface area contributed by atoms with Crippen LogP contribution in [-0.2, 0) is 34.0 Å². The molecule has 2 aliphatic heterocycles. The zero-order valence-electron chi connectivity index (χ0n) is 31.0. The molecular weight excluding hydrogens is 676 g/mol. The van der Waals surface area contributed by atoms with Gasteiger partial charge < -0.3 is 26.2 Å². The average Bonchev–Trinajstić information content (AvgIpc) is 3.95. The molecule has 15 heteroatoms. The van der Waals surface area contributed by atoms with Crippen molar-refractivity contribution in [1.82, 2.24) is 30.6 Å². The zero-order valence-corrected chi connectivity index (χ0v) is 31.8. The number of nitrogens with one attached hydrogen (secondary N) is 4. The number of rotatable bonds is 10. The van der Waals surface area contributed by atoms with Gasteiger partial charge in [0.25, 0.3) is 5.91 Å². The molecule has 0 spiro atoms. The SMILES string of the molecule is CON(C)S(=O)(=O)CC1(NC(=O)N[C@H]2CCCCCCCCC[C@@H](C(=O)C(=O)NCC3CC3)NC(=O)[C@@H]3[C@@H]4[C@H](CN3C2=O)C4(C)C)CCCCC1. The van der Waals surface area contributed by atoms with Crippen LogP contribution >= 0.6 is 0 Å². The number of piperidine rings is 1. The van der Waals surface area contributed by atoms with E-state index in [4.69, 9.17) is 4.84 Å². The molecule has 5 fully saturated rings. The number of nitrogens with zero attached hydrogens (tertiary/aromatic N) is 2. The number of hydroxylamine groups is 1. The molecule has 3 aliphatic carbocycles. The van der Waals surface area contributed by atoms with Gasteiger partial charge in [0.2, 0.25) is 27.6 Å². The number of urea groups is 1. The van der Waals surface area contributed by atoms with Gasteiger partial charge in [0.05, 0.1) is 24.4 Å². The number of sulfonamides is 1. The molecule has 0 radical (unpaired) electrons. The Balaban J connectivity index is 1.35. The number of carbonyl (C=O) groups is 5. The summed E-state index contributed by atoms with van der Waals surface area (Å²) in [7, 11) is -1.26. The van der Waals surface area contributed by atoms with Crippen molar-refractivity contribution in [3.05, 3.63) is 0 Å². The van der Waals surface area contributed by atoms with Crippen molar-refractivity contribution < 1.29 is 37.2 Å². The van der Waals surface area contributed by atoms with Crippen molar-refractivity contribution in [2.45, 2.75) is 140 Å². The van der Waals surface area contributed by atoms with Gasteiger partial charge in [-0.3, -0.25) is 24.0 Å². The number of hydrogen-bond acceptors (Lipinski definition) is 8. The van der Waals surface area contributed by atoms with Crippen LogP contribution < -0.4 is 21.3 Å². The van der Waals surface area contributed by atoms with Gasteiger partial charge in [-0.05, 0) is 61.7 Å². The van der Waals surface area contributed by atoms with Crippen LogP contribution in [0.5, 0.6) is 0 Å². The number of fused-ring (bicyclic) bond motifs is 3. The van der Waals surface area contributed by atoms with Gasteiger partial charge in [-0.25, -0.2) is 13.2 Å². The number of hydrogen-bond donors (Lipinski definition) is 4. The highest BCUT2D eigenvalue weighted by Crippen LogP contribution is 2.65. The van der Waals surface area contributed by atoms with Crippen LogP contribution in [0.3, 0.4) is 0 Å². The Morgan fingerprint density at radius 1 is 0.922 bits per heavy atom. The molecule has 3 saturated carbocycles. The maximum absolute atomic E-state index is 14.4. The first kappa shape index (κ1) is 39.4. The fraction of sp³-hybridized carbons (Fsp3) is 0.861. The minimum atomic E-state index is -3.85. The van der Waals surface area contributed by atoms with Crippen LogP contribution in [0.25, 0.3) is 0 Å². The lowest BCUT2D eigenvalue weighted by molar-refractivity contribution is -0.144. The molecule has 0 unspecified atom stereocenters. The standard InChI is InChI=1S/C36H60N6O8S/c1-35(2)25-22-42-29(28(25)35)31(44)38-26(30(43)32(45)37-21-24-17-18-24)15-11-8-6-5-7-9-12-16-27(33(42)46)39-34(47)40-36(19-13-10-14-20-36)23-51(48,49)41(3)50-4/h24-29H,5-23H2,1-4H3,(H,37,45)(H,38,44)(H2,39,40,47)/t25-,26-,27-,28-,29-/m0/s1. The number of Topliss-reactive ketones (excluding diaryl/α,β-unsaturated/α-hetero) is 1. The summed E-state index contributed by atoms with van der Waals surface area (Å²) < 4.78 is 26.9. The molecule has 2 saturated heterocycles. The highest BCUT2D eigenvalue weighted by atomic mass is 32.2. The number of amides is 5. The van der Waals surface area contributed by atoms with Gasteiger partial charge in [0, 0.05) is 20.1 Å². The normalized spacial score (nSPS) is 30.1. The van der Waals surface area contributed by atoms with E-state index in [1.807, 2.05) is 0 Å². The first-order chi connectivity index (χ1) is 24.2. The maximum atomic E-state index is 14.4. The van der Waals surface area contributed by atoms with Gasteiger partial charge >= 0.3 is 6.03 Å². The molecule has 0 aromatic carbocycles. The predicted octanol–water partition coefficient (Wildman–Crippen LogP) is 2.77. The molecule has 51 heavy (non-hydrogen) atoms. The molecule has 5 rings (SSSR count). The maximum Gasteiger partial charge on any atom is 0.315 e. The van der Waals surface area contributed by atoms with Gasteiger partial charge in [0.1, 0.15) is 12.1 Å². The quantitative estimate of drug-likeness (QED) is 0.195. The van der Waals surface area contributed by atoms with Crippen molar-refractivity contribution in [3.63, 3.8) is 0 Å². The summed E-state index contributed by atoms with van der Waals surface area (Å²) in [4.78, 5) is 75.1. The molecule has 4 N–H and O–H groups in total. The van der Waals surface area contributed by atoms with E-state index in [-0.39, 0.29) is 28.9 Å². The Hall–Kier alpha value is -2.78. The molecule has 0 bridgehead atoms. The second-order valence-electron chi connectivity index (χ2n) is 16.4.